The largest absolute Gasteiger partial charge is 0.383 e. The molecule has 1 aliphatic heterocycles. The van der Waals surface area contributed by atoms with Crippen LogP contribution < -0.4 is 11.1 Å². The Balaban J connectivity index is 1.78. The maximum absolute atomic E-state index is 6.11. The zero-order valence-electron chi connectivity index (χ0n) is 13.4. The Morgan fingerprint density at radius 2 is 2.04 bits per heavy atom. The van der Waals surface area contributed by atoms with Gasteiger partial charge >= 0.3 is 0 Å². The van der Waals surface area contributed by atoms with Gasteiger partial charge in [-0.15, -0.1) is 0 Å². The van der Waals surface area contributed by atoms with E-state index in [2.05, 4.69) is 27.4 Å². The first-order valence-corrected chi connectivity index (χ1v) is 8.25. The highest BCUT2D eigenvalue weighted by molar-refractivity contribution is 5.94. The lowest BCUT2D eigenvalue weighted by Gasteiger charge is -2.23. The Morgan fingerprint density at radius 3 is 2.83 bits per heavy atom. The molecule has 0 spiro atoms. The molecule has 0 bridgehead atoms. The van der Waals surface area contributed by atoms with Crippen LogP contribution in [-0.2, 0) is 0 Å². The molecule has 6 nitrogen and oxygen atoms in total. The Morgan fingerprint density at radius 1 is 1.17 bits per heavy atom. The van der Waals surface area contributed by atoms with E-state index < -0.39 is 0 Å². The van der Waals surface area contributed by atoms with Crippen LogP contribution in [0.25, 0.3) is 23.2 Å². The van der Waals surface area contributed by atoms with Crippen molar-refractivity contribution < 1.29 is 0 Å². The topological polar surface area (TPSA) is 81.7 Å². The molecular formula is C18H20N6. The number of nitrogen functional groups attached to an aromatic ring is 1. The van der Waals surface area contributed by atoms with Crippen LogP contribution in [0, 0.1) is 0 Å². The minimum absolute atomic E-state index is 0.300. The molecule has 2 aromatic heterocycles. The maximum atomic E-state index is 6.11. The van der Waals surface area contributed by atoms with E-state index in [0.29, 0.717) is 11.9 Å². The molecule has 3 N–H and O–H groups in total. The molecule has 1 atom stereocenters. The molecule has 1 aromatic carbocycles. The van der Waals surface area contributed by atoms with Gasteiger partial charge in [0.15, 0.2) is 5.65 Å². The summed E-state index contributed by atoms with van der Waals surface area (Å²) >= 11 is 0. The summed E-state index contributed by atoms with van der Waals surface area (Å²) in [6.07, 6.45) is 7.77. The highest BCUT2D eigenvalue weighted by Gasteiger charge is 2.21. The van der Waals surface area contributed by atoms with E-state index in [1.165, 1.54) is 6.33 Å². The second-order valence-corrected chi connectivity index (χ2v) is 6.03. The fourth-order valence-electron chi connectivity index (χ4n) is 3.18. The van der Waals surface area contributed by atoms with Crippen LogP contribution in [0.3, 0.4) is 0 Å². The van der Waals surface area contributed by atoms with Crippen molar-refractivity contribution in [2.24, 2.45) is 0 Å². The van der Waals surface area contributed by atoms with Crippen molar-refractivity contribution in [2.75, 3.05) is 18.8 Å². The normalized spacial score (nSPS) is 18.4. The fraction of sp³-hybridized carbons (Fsp3) is 0.278. The average Bonchev–Trinajstić information content (AvgIpc) is 3.02. The number of aromatic nitrogens is 4. The van der Waals surface area contributed by atoms with Gasteiger partial charge in [0.25, 0.3) is 0 Å². The van der Waals surface area contributed by atoms with Crippen molar-refractivity contribution in [3.05, 3.63) is 47.9 Å². The summed E-state index contributed by atoms with van der Waals surface area (Å²) in [6, 6.07) is 10.4. The molecule has 0 aliphatic carbocycles. The first-order chi connectivity index (χ1) is 11.8. The number of rotatable bonds is 3. The molecule has 0 amide bonds. The number of nitrogens with one attached hydrogen (secondary N) is 1. The van der Waals surface area contributed by atoms with Gasteiger partial charge in [0.2, 0.25) is 0 Å². The highest BCUT2D eigenvalue weighted by atomic mass is 15.3. The first kappa shape index (κ1) is 14.8. The number of hydrogen-bond acceptors (Lipinski definition) is 5. The van der Waals surface area contributed by atoms with E-state index in [1.54, 1.807) is 0 Å². The smallest absolute Gasteiger partial charge is 0.164 e. The fourth-order valence-corrected chi connectivity index (χ4v) is 3.18. The first-order valence-electron chi connectivity index (χ1n) is 8.25. The second kappa shape index (κ2) is 6.41. The Hall–Kier alpha value is -2.73. The Bertz CT molecular complexity index is 862. The monoisotopic (exact) mass is 320 g/mol. The quantitative estimate of drug-likeness (QED) is 0.775. The van der Waals surface area contributed by atoms with Crippen LogP contribution in [0.15, 0.2) is 36.7 Å². The molecule has 24 heavy (non-hydrogen) atoms. The molecular weight excluding hydrogens is 300 g/mol. The van der Waals surface area contributed by atoms with Crippen molar-refractivity contribution in [1.29, 1.82) is 0 Å². The predicted octanol–water partition coefficient (Wildman–Crippen LogP) is 2.50. The van der Waals surface area contributed by atoms with E-state index in [9.17, 15) is 0 Å². The molecule has 0 radical (unpaired) electrons. The van der Waals surface area contributed by atoms with Gasteiger partial charge in [-0.1, -0.05) is 36.4 Å². The average molecular weight is 320 g/mol. The minimum Gasteiger partial charge on any atom is -0.383 e. The van der Waals surface area contributed by atoms with Crippen molar-refractivity contribution in [1.82, 2.24) is 25.1 Å². The number of piperidine rings is 1. The van der Waals surface area contributed by atoms with Gasteiger partial charge < -0.3 is 11.1 Å². The highest BCUT2D eigenvalue weighted by Crippen LogP contribution is 2.27. The van der Waals surface area contributed by atoms with Gasteiger partial charge in [0, 0.05) is 6.54 Å². The summed E-state index contributed by atoms with van der Waals surface area (Å²) in [5.74, 6) is 0.475. The van der Waals surface area contributed by atoms with Crippen molar-refractivity contribution in [2.45, 2.75) is 18.9 Å². The molecule has 0 unspecified atom stereocenters. The third kappa shape index (κ3) is 2.76. The Labute approximate surface area is 140 Å². The lowest BCUT2D eigenvalue weighted by atomic mass is 10.1. The van der Waals surface area contributed by atoms with E-state index in [1.807, 2.05) is 35.0 Å². The summed E-state index contributed by atoms with van der Waals surface area (Å²) in [4.78, 5) is 8.59. The van der Waals surface area contributed by atoms with Crippen molar-refractivity contribution in [3.63, 3.8) is 0 Å². The third-order valence-corrected chi connectivity index (χ3v) is 4.40. The molecule has 1 aliphatic rings. The third-order valence-electron chi connectivity index (χ3n) is 4.40. The van der Waals surface area contributed by atoms with Crippen molar-refractivity contribution >= 4 is 29.0 Å². The van der Waals surface area contributed by atoms with Crippen LogP contribution in [0.1, 0.15) is 30.1 Å². The summed E-state index contributed by atoms with van der Waals surface area (Å²) in [7, 11) is 0. The Kier molecular flexibility index (Phi) is 3.96. The molecule has 4 rings (SSSR count). The lowest BCUT2D eigenvalue weighted by molar-refractivity contribution is 0.353. The molecule has 1 fully saturated rings. The number of anilines is 1. The van der Waals surface area contributed by atoms with Gasteiger partial charge in [0.1, 0.15) is 12.1 Å². The van der Waals surface area contributed by atoms with Crippen molar-refractivity contribution in [3.8, 4) is 0 Å². The van der Waals surface area contributed by atoms with Gasteiger partial charge in [-0.05, 0) is 31.0 Å². The van der Waals surface area contributed by atoms with Crippen LogP contribution in [-0.4, -0.2) is 32.8 Å². The van der Waals surface area contributed by atoms with E-state index in [-0.39, 0.29) is 0 Å². The maximum Gasteiger partial charge on any atom is 0.164 e. The van der Waals surface area contributed by atoms with E-state index in [4.69, 9.17) is 10.8 Å². The summed E-state index contributed by atoms with van der Waals surface area (Å²) in [5, 5.41) is 9.05. The van der Waals surface area contributed by atoms with Crippen LogP contribution in [0.4, 0.5) is 5.82 Å². The zero-order chi connectivity index (χ0) is 16.4. The molecule has 3 heterocycles. The molecule has 122 valence electrons. The standard InChI is InChI=1S/C18H20N6/c19-17-16-15(9-8-13-5-2-1-3-6-13)23-24(18(16)22-12-21-17)14-7-4-10-20-11-14/h1-3,5-6,8-9,12,14,20H,4,7,10-11H2,(H2,19,21,22)/b9-8+/t14-/m1/s1. The van der Waals surface area contributed by atoms with Gasteiger partial charge in [0.05, 0.1) is 17.1 Å². The number of nitrogens with zero attached hydrogens (tertiary/aromatic N) is 4. The number of fused-ring (bicyclic) bond motifs is 1. The van der Waals surface area contributed by atoms with E-state index in [0.717, 1.165) is 48.2 Å². The minimum atomic E-state index is 0.300. The molecule has 3 aromatic rings. The second-order valence-electron chi connectivity index (χ2n) is 6.03. The number of benzene rings is 1. The molecule has 6 heteroatoms. The van der Waals surface area contributed by atoms with Gasteiger partial charge in [-0.25, -0.2) is 14.6 Å². The summed E-state index contributed by atoms with van der Waals surface area (Å²) in [6.45, 7) is 1.97. The van der Waals surface area contributed by atoms with Gasteiger partial charge in [-0.2, -0.15) is 5.10 Å². The van der Waals surface area contributed by atoms with Crippen LogP contribution >= 0.6 is 0 Å². The SMILES string of the molecule is Nc1ncnc2c1c(/C=C/c1ccccc1)nn2[C@@H]1CCCNC1. The van der Waals surface area contributed by atoms with Crippen LogP contribution in [0.5, 0.6) is 0 Å². The van der Waals surface area contributed by atoms with Crippen LogP contribution in [0.2, 0.25) is 0 Å². The predicted molar refractivity (Wildman–Crippen MR) is 96.2 cm³/mol. The molecule has 1 saturated heterocycles. The summed E-state index contributed by atoms with van der Waals surface area (Å²) < 4.78 is 2.00. The molecule has 0 saturated carbocycles. The summed E-state index contributed by atoms with van der Waals surface area (Å²) in [5.41, 5.74) is 8.86. The van der Waals surface area contributed by atoms with Gasteiger partial charge in [-0.3, -0.25) is 0 Å². The number of hydrogen-bond donors (Lipinski definition) is 2. The lowest BCUT2D eigenvalue weighted by Crippen LogP contribution is -2.32. The zero-order valence-corrected chi connectivity index (χ0v) is 13.4. The number of nitrogens with two attached hydrogens (primary N) is 1. The van der Waals surface area contributed by atoms with E-state index >= 15 is 0 Å².